The largest absolute Gasteiger partial charge is 0.350 e. The SMILES string of the molecule is C[C@@H](C(=O)NC12CC3CC(C)(CC(C)(C3)C1)C2)[C@H]1CC[C@@H](c2ccnc3ccc(F)cc32)CC1. The van der Waals surface area contributed by atoms with Crippen LogP contribution < -0.4 is 5.32 Å². The van der Waals surface area contributed by atoms with Gasteiger partial charge in [0, 0.05) is 23.0 Å². The molecule has 34 heavy (non-hydrogen) atoms. The minimum Gasteiger partial charge on any atom is -0.350 e. The molecule has 3 nitrogen and oxygen atoms in total. The number of carbonyl (C=O) groups excluding carboxylic acids is 1. The van der Waals surface area contributed by atoms with Gasteiger partial charge in [-0.05, 0) is 123 Å². The summed E-state index contributed by atoms with van der Waals surface area (Å²) >= 11 is 0. The van der Waals surface area contributed by atoms with Gasteiger partial charge in [-0.3, -0.25) is 9.78 Å². The van der Waals surface area contributed by atoms with Crippen LogP contribution in [0.4, 0.5) is 4.39 Å². The maximum Gasteiger partial charge on any atom is 0.223 e. The number of pyridine rings is 1. The molecule has 3 atom stereocenters. The Morgan fingerprint density at radius 2 is 1.74 bits per heavy atom. The summed E-state index contributed by atoms with van der Waals surface area (Å²) in [5.41, 5.74) is 2.94. The number of nitrogens with one attached hydrogen (secondary N) is 1. The molecule has 5 saturated carbocycles. The van der Waals surface area contributed by atoms with Crippen LogP contribution in [-0.2, 0) is 4.79 Å². The fourth-order valence-corrected chi connectivity index (χ4v) is 9.60. The van der Waals surface area contributed by atoms with Gasteiger partial charge in [-0.2, -0.15) is 0 Å². The topological polar surface area (TPSA) is 42.0 Å². The average Bonchev–Trinajstić information content (AvgIpc) is 2.75. The van der Waals surface area contributed by atoms with E-state index in [0.29, 0.717) is 22.7 Å². The summed E-state index contributed by atoms with van der Waals surface area (Å²) in [6, 6.07) is 6.96. The monoisotopic (exact) mass is 462 g/mol. The molecule has 0 aliphatic heterocycles. The van der Waals surface area contributed by atoms with Gasteiger partial charge < -0.3 is 5.32 Å². The minimum atomic E-state index is -0.201. The third-order valence-corrected chi connectivity index (χ3v) is 10.1. The van der Waals surface area contributed by atoms with Crippen LogP contribution in [0.5, 0.6) is 0 Å². The van der Waals surface area contributed by atoms with Gasteiger partial charge in [0.2, 0.25) is 5.91 Å². The van der Waals surface area contributed by atoms with E-state index in [0.717, 1.165) is 42.5 Å². The summed E-state index contributed by atoms with van der Waals surface area (Å²) in [5.74, 6) is 1.78. The number of aromatic nitrogens is 1. The molecule has 7 rings (SSSR count). The molecular weight excluding hydrogens is 423 g/mol. The first-order valence-corrected chi connectivity index (χ1v) is 13.5. The number of carbonyl (C=O) groups is 1. The molecule has 1 heterocycles. The predicted molar refractivity (Wildman–Crippen MR) is 134 cm³/mol. The molecule has 1 amide bonds. The molecule has 182 valence electrons. The quantitative estimate of drug-likeness (QED) is 0.524. The summed E-state index contributed by atoms with van der Waals surface area (Å²) in [6.07, 6.45) is 13.7. The van der Waals surface area contributed by atoms with Crippen LogP contribution in [-0.4, -0.2) is 16.4 Å². The summed E-state index contributed by atoms with van der Waals surface area (Å²) in [5, 5.41) is 4.60. The molecule has 4 heteroatoms. The van der Waals surface area contributed by atoms with E-state index in [-0.39, 0.29) is 23.2 Å². The number of hydrogen-bond donors (Lipinski definition) is 1. The Morgan fingerprint density at radius 1 is 1.03 bits per heavy atom. The Hall–Kier alpha value is -1.97. The Bertz CT molecular complexity index is 1100. The van der Waals surface area contributed by atoms with Crippen molar-refractivity contribution in [2.45, 2.75) is 96.4 Å². The lowest BCUT2D eigenvalue weighted by Gasteiger charge is -2.65. The van der Waals surface area contributed by atoms with Crippen molar-refractivity contribution >= 4 is 16.8 Å². The van der Waals surface area contributed by atoms with Crippen molar-refractivity contribution in [1.82, 2.24) is 10.3 Å². The van der Waals surface area contributed by atoms with Gasteiger partial charge in [0.1, 0.15) is 5.82 Å². The standard InChI is InChI=1S/C30H39FN2O/c1-19(27(34)33-30-15-20-13-28(2,17-30)16-29(3,14-20)18-30)21-4-6-22(7-5-21)24-10-11-32-26-9-8-23(31)12-25(24)26/h8-12,19-22H,4-7,13-18H2,1-3H3,(H,33,34)/t19-,20?,21-,22+,28?,29?,30?/m1/s1. The summed E-state index contributed by atoms with van der Waals surface area (Å²) in [6.45, 7) is 7.09. The van der Waals surface area contributed by atoms with Crippen LogP contribution in [0.3, 0.4) is 0 Å². The highest BCUT2D eigenvalue weighted by molar-refractivity contribution is 5.82. The highest BCUT2D eigenvalue weighted by Crippen LogP contribution is 2.66. The van der Waals surface area contributed by atoms with Crippen LogP contribution in [0.25, 0.3) is 10.9 Å². The molecule has 5 aliphatic carbocycles. The lowest BCUT2D eigenvalue weighted by Crippen LogP contribution is -2.65. The maximum absolute atomic E-state index is 13.9. The molecule has 0 radical (unpaired) electrons. The van der Waals surface area contributed by atoms with Crippen molar-refractivity contribution < 1.29 is 9.18 Å². The van der Waals surface area contributed by atoms with E-state index in [1.165, 1.54) is 50.2 Å². The third-order valence-electron chi connectivity index (χ3n) is 10.1. The Morgan fingerprint density at radius 3 is 2.41 bits per heavy atom. The van der Waals surface area contributed by atoms with Crippen LogP contribution >= 0.6 is 0 Å². The van der Waals surface area contributed by atoms with E-state index < -0.39 is 0 Å². The number of benzene rings is 1. The zero-order valence-electron chi connectivity index (χ0n) is 21.0. The maximum atomic E-state index is 13.9. The van der Waals surface area contributed by atoms with Crippen LogP contribution in [0.15, 0.2) is 30.5 Å². The Labute approximate surface area is 203 Å². The van der Waals surface area contributed by atoms with Crippen molar-refractivity contribution in [1.29, 1.82) is 0 Å². The van der Waals surface area contributed by atoms with Gasteiger partial charge in [-0.15, -0.1) is 0 Å². The molecule has 1 aromatic carbocycles. The summed E-state index contributed by atoms with van der Waals surface area (Å²) in [7, 11) is 0. The first-order chi connectivity index (χ1) is 16.1. The van der Waals surface area contributed by atoms with Crippen molar-refractivity contribution in [3.8, 4) is 0 Å². The fourth-order valence-electron chi connectivity index (χ4n) is 9.60. The van der Waals surface area contributed by atoms with Gasteiger partial charge in [0.15, 0.2) is 0 Å². The number of nitrogens with zero attached hydrogens (tertiary/aromatic N) is 1. The third kappa shape index (κ3) is 3.85. The Kier molecular flexibility index (Phi) is 5.14. The average molecular weight is 463 g/mol. The van der Waals surface area contributed by atoms with E-state index in [4.69, 9.17) is 0 Å². The van der Waals surface area contributed by atoms with E-state index in [1.807, 2.05) is 6.20 Å². The minimum absolute atomic E-state index is 0.0332. The van der Waals surface area contributed by atoms with E-state index >= 15 is 0 Å². The normalized spacial score (nSPS) is 39.8. The van der Waals surface area contributed by atoms with Gasteiger partial charge in [-0.1, -0.05) is 20.8 Å². The lowest BCUT2D eigenvalue weighted by molar-refractivity contribution is -0.143. The first-order valence-electron chi connectivity index (χ1n) is 13.5. The van der Waals surface area contributed by atoms with Gasteiger partial charge in [0.05, 0.1) is 5.52 Å². The zero-order valence-corrected chi connectivity index (χ0v) is 21.0. The van der Waals surface area contributed by atoms with Crippen molar-refractivity contribution in [3.05, 3.63) is 41.8 Å². The van der Waals surface area contributed by atoms with E-state index in [9.17, 15) is 9.18 Å². The lowest BCUT2D eigenvalue weighted by atomic mass is 9.42. The second kappa shape index (κ2) is 7.77. The molecular formula is C30H39FN2O. The Balaban J connectivity index is 1.12. The molecule has 2 aromatic rings. The molecule has 0 spiro atoms. The number of hydrogen-bond acceptors (Lipinski definition) is 2. The van der Waals surface area contributed by atoms with Crippen molar-refractivity contribution in [2.75, 3.05) is 0 Å². The van der Waals surface area contributed by atoms with Gasteiger partial charge in [0.25, 0.3) is 0 Å². The first kappa shape index (κ1) is 22.5. The van der Waals surface area contributed by atoms with E-state index in [2.05, 4.69) is 37.1 Å². The fraction of sp³-hybridized carbons (Fsp3) is 0.667. The molecule has 1 aromatic heterocycles. The summed E-state index contributed by atoms with van der Waals surface area (Å²) < 4.78 is 13.9. The van der Waals surface area contributed by atoms with E-state index in [1.54, 1.807) is 12.1 Å². The second-order valence-corrected chi connectivity index (χ2v) is 13.4. The van der Waals surface area contributed by atoms with Crippen molar-refractivity contribution in [2.24, 2.45) is 28.6 Å². The van der Waals surface area contributed by atoms with Crippen molar-refractivity contribution in [3.63, 3.8) is 0 Å². The number of fused-ring (bicyclic) bond motifs is 1. The molecule has 2 unspecified atom stereocenters. The van der Waals surface area contributed by atoms with Gasteiger partial charge in [-0.25, -0.2) is 4.39 Å². The smallest absolute Gasteiger partial charge is 0.223 e. The molecule has 5 aliphatic rings. The van der Waals surface area contributed by atoms with Crippen LogP contribution in [0, 0.1) is 34.4 Å². The molecule has 0 saturated heterocycles. The summed E-state index contributed by atoms with van der Waals surface area (Å²) in [4.78, 5) is 18.0. The highest BCUT2D eigenvalue weighted by atomic mass is 19.1. The molecule has 5 fully saturated rings. The molecule has 1 N–H and O–H groups in total. The molecule has 4 bridgehead atoms. The second-order valence-electron chi connectivity index (χ2n) is 13.4. The number of rotatable bonds is 4. The van der Waals surface area contributed by atoms with Gasteiger partial charge >= 0.3 is 0 Å². The van der Waals surface area contributed by atoms with Crippen LogP contribution in [0.1, 0.15) is 96.5 Å². The zero-order chi connectivity index (χ0) is 23.7. The number of amides is 1. The number of halogens is 1. The van der Waals surface area contributed by atoms with Crippen LogP contribution in [0.2, 0.25) is 0 Å². The predicted octanol–water partition coefficient (Wildman–Crippen LogP) is 7.15. The highest BCUT2D eigenvalue weighted by Gasteiger charge is 2.60.